The maximum absolute atomic E-state index is 11.7. The molecule has 1 saturated heterocycles. The molecule has 4 heteroatoms. The highest BCUT2D eigenvalue weighted by atomic mass is 79.9. The molecule has 0 saturated carbocycles. The highest BCUT2D eigenvalue weighted by Gasteiger charge is 2.42. The minimum absolute atomic E-state index is 0.154. The molecule has 3 nitrogen and oxygen atoms in total. The van der Waals surface area contributed by atoms with Gasteiger partial charge in [0.2, 0.25) is 11.8 Å². The Morgan fingerprint density at radius 1 is 1.33 bits per heavy atom. The van der Waals surface area contributed by atoms with E-state index in [1.165, 1.54) is 0 Å². The first-order chi connectivity index (χ1) is 8.40. The average molecular weight is 310 g/mol. The van der Waals surface area contributed by atoms with E-state index in [0.717, 1.165) is 16.5 Å². The molecule has 2 amide bonds. The minimum atomic E-state index is -0.298. The van der Waals surface area contributed by atoms with Crippen molar-refractivity contribution in [1.29, 1.82) is 0 Å². The van der Waals surface area contributed by atoms with E-state index in [1.54, 1.807) is 0 Å². The fourth-order valence-corrected chi connectivity index (χ4v) is 2.67. The van der Waals surface area contributed by atoms with E-state index in [-0.39, 0.29) is 23.1 Å². The Kier molecular flexibility index (Phi) is 3.57. The van der Waals surface area contributed by atoms with Gasteiger partial charge >= 0.3 is 0 Å². The average Bonchev–Trinajstić information content (AvgIpc) is 2.29. The monoisotopic (exact) mass is 309 g/mol. The number of amides is 2. The van der Waals surface area contributed by atoms with Crippen molar-refractivity contribution in [3.63, 3.8) is 0 Å². The number of imide groups is 1. The molecule has 0 aliphatic carbocycles. The number of carbonyl (C=O) groups excluding carboxylic acids is 2. The quantitative estimate of drug-likeness (QED) is 0.854. The second-order valence-electron chi connectivity index (χ2n) is 5.27. The van der Waals surface area contributed by atoms with Crippen molar-refractivity contribution in [3.05, 3.63) is 34.3 Å². The van der Waals surface area contributed by atoms with Crippen molar-refractivity contribution >= 4 is 27.7 Å². The summed E-state index contributed by atoms with van der Waals surface area (Å²) in [7, 11) is 0. The first-order valence-electron chi connectivity index (χ1n) is 5.99. The van der Waals surface area contributed by atoms with Crippen LogP contribution in [0, 0.1) is 11.3 Å². The lowest BCUT2D eigenvalue weighted by Crippen LogP contribution is -2.50. The van der Waals surface area contributed by atoms with E-state index in [2.05, 4.69) is 21.2 Å². The Hall–Kier alpha value is -1.16. The summed E-state index contributed by atoms with van der Waals surface area (Å²) >= 11 is 3.40. The fourth-order valence-electron chi connectivity index (χ4n) is 2.41. The highest BCUT2D eigenvalue weighted by molar-refractivity contribution is 9.10. The lowest BCUT2D eigenvalue weighted by atomic mass is 9.69. The van der Waals surface area contributed by atoms with Gasteiger partial charge in [-0.2, -0.15) is 0 Å². The van der Waals surface area contributed by atoms with Gasteiger partial charge in [-0.3, -0.25) is 14.9 Å². The Balaban J connectivity index is 2.22. The molecule has 0 spiro atoms. The largest absolute Gasteiger partial charge is 0.296 e. The third kappa shape index (κ3) is 2.64. The summed E-state index contributed by atoms with van der Waals surface area (Å²) in [6, 6.07) is 8.01. The van der Waals surface area contributed by atoms with Crippen LogP contribution in [0.3, 0.4) is 0 Å². The summed E-state index contributed by atoms with van der Waals surface area (Å²) in [5.74, 6) is -0.484. The minimum Gasteiger partial charge on any atom is -0.296 e. The molecule has 1 aliphatic heterocycles. The van der Waals surface area contributed by atoms with Crippen molar-refractivity contribution < 1.29 is 9.59 Å². The zero-order valence-electron chi connectivity index (χ0n) is 10.5. The van der Waals surface area contributed by atoms with Gasteiger partial charge in [0.05, 0.1) is 0 Å². The van der Waals surface area contributed by atoms with Crippen LogP contribution in [0.1, 0.15) is 25.8 Å². The molecule has 1 aliphatic rings. The Labute approximate surface area is 115 Å². The molecule has 0 radical (unpaired) electrons. The molecule has 1 aromatic carbocycles. The number of halogens is 1. The number of hydrogen-bond acceptors (Lipinski definition) is 2. The molecule has 18 heavy (non-hydrogen) atoms. The number of carbonyl (C=O) groups is 2. The number of piperidine rings is 1. The van der Waals surface area contributed by atoms with Gasteiger partial charge < -0.3 is 0 Å². The summed E-state index contributed by atoms with van der Waals surface area (Å²) in [5.41, 5.74) is 0.850. The van der Waals surface area contributed by atoms with Gasteiger partial charge in [-0.25, -0.2) is 0 Å². The third-order valence-corrected chi connectivity index (χ3v) is 4.32. The number of rotatable bonds is 2. The molecule has 2 unspecified atom stereocenters. The van der Waals surface area contributed by atoms with Gasteiger partial charge in [0.25, 0.3) is 0 Å². The standard InChI is InChI=1S/C14H16BrNO2/c1-9-13(18)16-12(17)8-14(9,2)7-10-3-5-11(15)6-4-10/h3-6,9H,7-8H2,1-2H3,(H,16,17,18). The summed E-state index contributed by atoms with van der Waals surface area (Å²) in [4.78, 5) is 23.3. The van der Waals surface area contributed by atoms with Crippen LogP contribution in [0.5, 0.6) is 0 Å². The van der Waals surface area contributed by atoms with Crippen LogP contribution >= 0.6 is 15.9 Å². The highest BCUT2D eigenvalue weighted by Crippen LogP contribution is 2.37. The molecular weight excluding hydrogens is 294 g/mol. The maximum Gasteiger partial charge on any atom is 0.229 e. The predicted octanol–water partition coefficient (Wildman–Crippen LogP) is 2.68. The summed E-state index contributed by atoms with van der Waals surface area (Å²) in [6.07, 6.45) is 1.14. The molecular formula is C14H16BrNO2. The van der Waals surface area contributed by atoms with Crippen molar-refractivity contribution in [2.45, 2.75) is 26.7 Å². The molecule has 1 heterocycles. The first-order valence-corrected chi connectivity index (χ1v) is 6.78. The summed E-state index contributed by atoms with van der Waals surface area (Å²) < 4.78 is 1.03. The second-order valence-corrected chi connectivity index (χ2v) is 6.18. The molecule has 2 rings (SSSR count). The zero-order valence-corrected chi connectivity index (χ0v) is 12.1. The Bertz CT molecular complexity index is 483. The Morgan fingerprint density at radius 2 is 1.94 bits per heavy atom. The van der Waals surface area contributed by atoms with Crippen LogP contribution in [0.4, 0.5) is 0 Å². The van der Waals surface area contributed by atoms with Crippen LogP contribution in [-0.2, 0) is 16.0 Å². The van der Waals surface area contributed by atoms with Gasteiger partial charge in [-0.05, 0) is 29.5 Å². The SMILES string of the molecule is CC1C(=O)NC(=O)CC1(C)Cc1ccc(Br)cc1. The van der Waals surface area contributed by atoms with E-state index >= 15 is 0 Å². The van der Waals surface area contributed by atoms with Crippen molar-refractivity contribution in [3.8, 4) is 0 Å². The van der Waals surface area contributed by atoms with Gasteiger partial charge in [-0.1, -0.05) is 41.9 Å². The zero-order chi connectivity index (χ0) is 13.3. The maximum atomic E-state index is 11.7. The van der Waals surface area contributed by atoms with Crippen molar-refractivity contribution in [1.82, 2.24) is 5.32 Å². The van der Waals surface area contributed by atoms with Crippen molar-refractivity contribution in [2.24, 2.45) is 11.3 Å². The molecule has 1 N–H and O–H groups in total. The van der Waals surface area contributed by atoms with Crippen LogP contribution in [0.15, 0.2) is 28.7 Å². The lowest BCUT2D eigenvalue weighted by molar-refractivity contribution is -0.142. The van der Waals surface area contributed by atoms with E-state index in [4.69, 9.17) is 0 Å². The molecule has 0 bridgehead atoms. The van der Waals surface area contributed by atoms with Crippen LogP contribution in [0.2, 0.25) is 0 Å². The molecule has 96 valence electrons. The number of hydrogen-bond donors (Lipinski definition) is 1. The topological polar surface area (TPSA) is 46.2 Å². The first kappa shape index (κ1) is 13.3. The third-order valence-electron chi connectivity index (χ3n) is 3.79. The van der Waals surface area contributed by atoms with Crippen LogP contribution in [-0.4, -0.2) is 11.8 Å². The summed E-state index contributed by atoms with van der Waals surface area (Å²) in [6.45, 7) is 3.90. The molecule has 0 aromatic heterocycles. The molecule has 1 fully saturated rings. The number of nitrogens with one attached hydrogen (secondary N) is 1. The van der Waals surface area contributed by atoms with Gasteiger partial charge in [0.15, 0.2) is 0 Å². The lowest BCUT2D eigenvalue weighted by Gasteiger charge is -2.38. The summed E-state index contributed by atoms with van der Waals surface area (Å²) in [5, 5.41) is 2.39. The smallest absolute Gasteiger partial charge is 0.229 e. The van der Waals surface area contributed by atoms with Crippen molar-refractivity contribution in [2.75, 3.05) is 0 Å². The van der Waals surface area contributed by atoms with Gasteiger partial charge in [-0.15, -0.1) is 0 Å². The van der Waals surface area contributed by atoms with Crippen LogP contribution < -0.4 is 5.32 Å². The second kappa shape index (κ2) is 4.84. The van der Waals surface area contributed by atoms with Gasteiger partial charge in [0, 0.05) is 16.8 Å². The van der Waals surface area contributed by atoms with Crippen LogP contribution in [0.25, 0.3) is 0 Å². The Morgan fingerprint density at radius 3 is 2.56 bits per heavy atom. The van der Waals surface area contributed by atoms with E-state index in [9.17, 15) is 9.59 Å². The van der Waals surface area contributed by atoms with E-state index in [1.807, 2.05) is 38.1 Å². The fraction of sp³-hybridized carbons (Fsp3) is 0.429. The molecule has 2 atom stereocenters. The predicted molar refractivity (Wildman–Crippen MR) is 72.9 cm³/mol. The van der Waals surface area contributed by atoms with E-state index < -0.39 is 0 Å². The normalized spacial score (nSPS) is 28.1. The van der Waals surface area contributed by atoms with E-state index in [0.29, 0.717) is 6.42 Å². The molecule has 1 aromatic rings. The number of benzene rings is 1. The van der Waals surface area contributed by atoms with Gasteiger partial charge in [0.1, 0.15) is 0 Å².